The third-order valence-corrected chi connectivity index (χ3v) is 5.16. The molecule has 190 valence electrons. The van der Waals surface area contributed by atoms with Crippen LogP contribution in [0.2, 0.25) is 10.0 Å². The maximum atomic E-state index is 13.0. The number of ether oxygens (including phenoxy) is 2. The highest BCUT2D eigenvalue weighted by atomic mass is 35.5. The van der Waals surface area contributed by atoms with Crippen LogP contribution in [0.5, 0.6) is 11.5 Å². The van der Waals surface area contributed by atoms with Crippen molar-refractivity contribution in [1.29, 1.82) is 0 Å². The Labute approximate surface area is 209 Å². The molecule has 0 unspecified atom stereocenters. The van der Waals surface area contributed by atoms with Crippen LogP contribution in [0.4, 0.5) is 13.2 Å². The predicted octanol–water partition coefficient (Wildman–Crippen LogP) is 4.51. The van der Waals surface area contributed by atoms with Gasteiger partial charge >= 0.3 is 6.18 Å². The SMILES string of the molecule is COc1cccc([C@@H](NC(=O)COc2cc(Cl)cc(Cl)c2)C(=O)N[C@H](C(=O)C(F)(F)F)C(C)C)c1. The summed E-state index contributed by atoms with van der Waals surface area (Å²) in [6.07, 6.45) is -5.15. The molecular formula is C23H23Cl2F3N2O5. The fourth-order valence-electron chi connectivity index (χ4n) is 3.03. The van der Waals surface area contributed by atoms with E-state index in [-0.39, 0.29) is 21.4 Å². The van der Waals surface area contributed by atoms with Gasteiger partial charge in [-0.3, -0.25) is 14.4 Å². The van der Waals surface area contributed by atoms with Crippen LogP contribution in [0.15, 0.2) is 42.5 Å². The van der Waals surface area contributed by atoms with Crippen molar-refractivity contribution in [1.82, 2.24) is 10.6 Å². The summed E-state index contributed by atoms with van der Waals surface area (Å²) in [5.74, 6) is -4.23. The lowest BCUT2D eigenvalue weighted by Crippen LogP contribution is -2.53. The summed E-state index contributed by atoms with van der Waals surface area (Å²) in [6, 6.07) is 7.02. The van der Waals surface area contributed by atoms with Crippen molar-refractivity contribution in [3.8, 4) is 11.5 Å². The molecule has 12 heteroatoms. The number of halogens is 5. The highest BCUT2D eigenvalue weighted by Crippen LogP contribution is 2.25. The second kappa shape index (κ2) is 12.1. The lowest BCUT2D eigenvalue weighted by molar-refractivity contribution is -0.175. The maximum Gasteiger partial charge on any atom is 0.452 e. The number of alkyl halides is 3. The number of Topliss-reactive ketones (excluding diaryl/α,β-unsaturated/α-hetero) is 1. The van der Waals surface area contributed by atoms with Crippen LogP contribution in [0, 0.1) is 5.92 Å². The molecule has 2 aromatic rings. The van der Waals surface area contributed by atoms with Crippen LogP contribution in [0.3, 0.4) is 0 Å². The molecule has 2 aromatic carbocycles. The van der Waals surface area contributed by atoms with Gasteiger partial charge in [-0.15, -0.1) is 0 Å². The minimum atomic E-state index is -5.15. The van der Waals surface area contributed by atoms with Gasteiger partial charge < -0.3 is 20.1 Å². The third-order valence-electron chi connectivity index (χ3n) is 4.73. The molecular weight excluding hydrogens is 512 g/mol. The molecule has 2 atom stereocenters. The second-order valence-corrected chi connectivity index (χ2v) is 8.64. The van der Waals surface area contributed by atoms with E-state index in [0.29, 0.717) is 5.75 Å². The minimum Gasteiger partial charge on any atom is -0.497 e. The van der Waals surface area contributed by atoms with E-state index in [1.54, 1.807) is 6.07 Å². The van der Waals surface area contributed by atoms with Crippen LogP contribution in [0.1, 0.15) is 25.5 Å². The molecule has 0 bridgehead atoms. The molecule has 2 rings (SSSR count). The van der Waals surface area contributed by atoms with E-state index in [4.69, 9.17) is 32.7 Å². The van der Waals surface area contributed by atoms with E-state index in [0.717, 1.165) is 0 Å². The number of ketones is 1. The van der Waals surface area contributed by atoms with Crippen LogP contribution in [-0.4, -0.2) is 43.5 Å². The van der Waals surface area contributed by atoms with Gasteiger partial charge in [0.1, 0.15) is 17.5 Å². The number of methoxy groups -OCH3 is 1. The Morgan fingerprint density at radius 1 is 0.971 bits per heavy atom. The van der Waals surface area contributed by atoms with E-state index in [1.165, 1.54) is 57.4 Å². The maximum absolute atomic E-state index is 13.0. The summed E-state index contributed by atoms with van der Waals surface area (Å²) in [5.41, 5.74) is 0.211. The molecule has 2 N–H and O–H groups in total. The smallest absolute Gasteiger partial charge is 0.452 e. The van der Waals surface area contributed by atoms with Gasteiger partial charge in [0.25, 0.3) is 11.7 Å². The summed E-state index contributed by atoms with van der Waals surface area (Å²) >= 11 is 11.8. The summed E-state index contributed by atoms with van der Waals surface area (Å²) in [4.78, 5) is 37.5. The average Bonchev–Trinajstić information content (AvgIpc) is 2.77. The van der Waals surface area contributed by atoms with Crippen molar-refractivity contribution in [2.24, 2.45) is 5.92 Å². The lowest BCUT2D eigenvalue weighted by Gasteiger charge is -2.26. The van der Waals surface area contributed by atoms with Gasteiger partial charge in [-0.2, -0.15) is 13.2 Å². The Morgan fingerprint density at radius 2 is 1.60 bits per heavy atom. The average molecular weight is 535 g/mol. The molecule has 2 amide bonds. The molecule has 0 saturated carbocycles. The number of amides is 2. The highest BCUT2D eigenvalue weighted by molar-refractivity contribution is 6.34. The van der Waals surface area contributed by atoms with Crippen LogP contribution in [0.25, 0.3) is 0 Å². The van der Waals surface area contributed by atoms with Crippen molar-refractivity contribution >= 4 is 40.8 Å². The molecule has 0 heterocycles. The highest BCUT2D eigenvalue weighted by Gasteiger charge is 2.45. The van der Waals surface area contributed by atoms with Gasteiger partial charge in [-0.05, 0) is 41.8 Å². The molecule has 7 nitrogen and oxygen atoms in total. The van der Waals surface area contributed by atoms with Crippen LogP contribution < -0.4 is 20.1 Å². The number of nitrogens with one attached hydrogen (secondary N) is 2. The lowest BCUT2D eigenvalue weighted by atomic mass is 9.98. The molecule has 0 aliphatic rings. The predicted molar refractivity (Wildman–Crippen MR) is 124 cm³/mol. The first kappa shape index (κ1) is 28.3. The minimum absolute atomic E-state index is 0.190. The monoisotopic (exact) mass is 534 g/mol. The van der Waals surface area contributed by atoms with Crippen LogP contribution in [-0.2, 0) is 14.4 Å². The molecule has 0 aliphatic carbocycles. The van der Waals surface area contributed by atoms with Gasteiger partial charge in [-0.1, -0.05) is 49.2 Å². The second-order valence-electron chi connectivity index (χ2n) is 7.76. The van der Waals surface area contributed by atoms with Gasteiger partial charge in [0.2, 0.25) is 5.91 Å². The van der Waals surface area contributed by atoms with Gasteiger partial charge in [-0.25, -0.2) is 0 Å². The Hall–Kier alpha value is -2.98. The summed E-state index contributed by atoms with van der Waals surface area (Å²) in [6.45, 7) is 2.16. The number of carbonyl (C=O) groups excluding carboxylic acids is 3. The normalized spacial score (nSPS) is 13.1. The molecule has 0 aromatic heterocycles. The van der Waals surface area contributed by atoms with Crippen molar-refractivity contribution < 1.29 is 37.0 Å². The van der Waals surface area contributed by atoms with E-state index in [1.807, 2.05) is 0 Å². The Bertz CT molecular complexity index is 1060. The number of hydrogen-bond donors (Lipinski definition) is 2. The zero-order valence-electron chi connectivity index (χ0n) is 18.9. The number of hydrogen-bond acceptors (Lipinski definition) is 5. The zero-order chi connectivity index (χ0) is 26.3. The van der Waals surface area contributed by atoms with E-state index in [2.05, 4.69) is 10.6 Å². The van der Waals surface area contributed by atoms with Gasteiger partial charge in [0.15, 0.2) is 6.61 Å². The van der Waals surface area contributed by atoms with Crippen LogP contribution >= 0.6 is 23.2 Å². The molecule has 0 radical (unpaired) electrons. The molecule has 0 spiro atoms. The number of rotatable bonds is 10. The Kier molecular flexibility index (Phi) is 9.79. The van der Waals surface area contributed by atoms with Crippen molar-refractivity contribution in [3.05, 3.63) is 58.1 Å². The first-order valence-corrected chi connectivity index (χ1v) is 11.0. The largest absolute Gasteiger partial charge is 0.497 e. The summed E-state index contributed by atoms with van der Waals surface area (Å²) < 4.78 is 49.6. The quantitative estimate of drug-likeness (QED) is 0.467. The zero-order valence-corrected chi connectivity index (χ0v) is 20.4. The topological polar surface area (TPSA) is 93.7 Å². The van der Waals surface area contributed by atoms with E-state index in [9.17, 15) is 27.6 Å². The van der Waals surface area contributed by atoms with Crippen molar-refractivity contribution in [2.75, 3.05) is 13.7 Å². The molecule has 0 saturated heterocycles. The number of carbonyl (C=O) groups is 3. The van der Waals surface area contributed by atoms with Gasteiger partial charge in [0.05, 0.1) is 13.2 Å². The van der Waals surface area contributed by atoms with E-state index >= 15 is 0 Å². The molecule has 0 aliphatic heterocycles. The third kappa shape index (κ3) is 8.32. The Balaban J connectivity index is 2.26. The first-order chi connectivity index (χ1) is 16.3. The van der Waals surface area contributed by atoms with E-state index < -0.39 is 48.4 Å². The fraction of sp³-hybridized carbons (Fsp3) is 0.348. The van der Waals surface area contributed by atoms with Gasteiger partial charge in [0, 0.05) is 10.0 Å². The summed E-state index contributed by atoms with van der Waals surface area (Å²) in [5, 5.41) is 5.08. The molecule has 0 fully saturated rings. The molecule has 35 heavy (non-hydrogen) atoms. The standard InChI is InChI=1S/C23H23Cl2F3N2O5/c1-12(2)19(21(32)23(26,27)28)30-22(33)20(13-5-4-6-16(7-13)34-3)29-18(31)11-35-17-9-14(24)8-15(25)10-17/h4-10,12,19-20H,11H2,1-3H3,(H,29,31)(H,30,33)/t19-,20+/m0/s1. The Morgan fingerprint density at radius 3 is 2.14 bits per heavy atom. The van der Waals surface area contributed by atoms with Crippen molar-refractivity contribution in [3.63, 3.8) is 0 Å². The first-order valence-electron chi connectivity index (χ1n) is 10.3. The summed E-state index contributed by atoms with van der Waals surface area (Å²) in [7, 11) is 1.38. The van der Waals surface area contributed by atoms with Crippen molar-refractivity contribution in [2.45, 2.75) is 32.1 Å². The number of benzene rings is 2. The fourth-order valence-corrected chi connectivity index (χ4v) is 3.54.